The van der Waals surface area contributed by atoms with E-state index >= 15 is 0 Å². The Balaban J connectivity index is 1.78. The molecule has 0 bridgehead atoms. The van der Waals surface area contributed by atoms with Crippen molar-refractivity contribution in [3.8, 4) is 5.75 Å². The Bertz CT molecular complexity index is 971. The first-order valence-corrected chi connectivity index (χ1v) is 8.96. The minimum Gasteiger partial charge on any atom is -0.491 e. The summed E-state index contributed by atoms with van der Waals surface area (Å²) in [5, 5.41) is 10.2. The first-order valence-electron chi connectivity index (χ1n) is 8.96. The molecule has 1 heterocycles. The van der Waals surface area contributed by atoms with Gasteiger partial charge < -0.3 is 10.1 Å². The Morgan fingerprint density at radius 1 is 1.17 bits per heavy atom. The lowest BCUT2D eigenvalue weighted by Gasteiger charge is -2.14. The van der Waals surface area contributed by atoms with E-state index in [9.17, 15) is 18.0 Å². The third kappa shape index (κ3) is 5.34. The van der Waals surface area contributed by atoms with Crippen molar-refractivity contribution in [1.82, 2.24) is 15.0 Å². The maximum absolute atomic E-state index is 13.0. The van der Waals surface area contributed by atoms with Crippen molar-refractivity contribution in [3.63, 3.8) is 0 Å². The second-order valence-electron chi connectivity index (χ2n) is 6.30. The Hall–Kier alpha value is -3.36. The van der Waals surface area contributed by atoms with Gasteiger partial charge in [0.15, 0.2) is 5.69 Å². The summed E-state index contributed by atoms with van der Waals surface area (Å²) in [4.78, 5) is 12.5. The molecule has 0 spiro atoms. The standard InChI is InChI=1S/C20H19F3N4O2/c1-2-10-29-18-9-8-15(20(21,22)23)11-16(18)24-19(28)17-13-27(26-25-17)12-14-6-4-3-5-7-14/h3-9,11,13H,2,10,12H2,1H3,(H,24,28). The van der Waals surface area contributed by atoms with Crippen molar-refractivity contribution in [2.45, 2.75) is 26.1 Å². The second-order valence-corrected chi connectivity index (χ2v) is 6.30. The summed E-state index contributed by atoms with van der Waals surface area (Å²) in [6.45, 7) is 2.59. The zero-order valence-electron chi connectivity index (χ0n) is 15.6. The third-order valence-electron chi connectivity index (χ3n) is 3.98. The van der Waals surface area contributed by atoms with E-state index in [1.807, 2.05) is 37.3 Å². The average molecular weight is 404 g/mol. The van der Waals surface area contributed by atoms with Gasteiger partial charge in [-0.05, 0) is 30.2 Å². The van der Waals surface area contributed by atoms with Crippen molar-refractivity contribution in [2.24, 2.45) is 0 Å². The van der Waals surface area contributed by atoms with Crippen molar-refractivity contribution in [1.29, 1.82) is 0 Å². The second kappa shape index (κ2) is 8.76. The lowest BCUT2D eigenvalue weighted by Crippen LogP contribution is -2.15. The smallest absolute Gasteiger partial charge is 0.416 e. The molecule has 0 aliphatic rings. The highest BCUT2D eigenvalue weighted by Gasteiger charge is 2.31. The molecule has 6 nitrogen and oxygen atoms in total. The Labute approximate surface area is 165 Å². The zero-order chi connectivity index (χ0) is 20.9. The molecular formula is C20H19F3N4O2. The highest BCUT2D eigenvalue weighted by Crippen LogP contribution is 2.35. The maximum Gasteiger partial charge on any atom is 0.416 e. The van der Waals surface area contributed by atoms with Gasteiger partial charge in [-0.25, -0.2) is 4.68 Å². The van der Waals surface area contributed by atoms with Crippen LogP contribution in [0.3, 0.4) is 0 Å². The molecule has 0 radical (unpaired) electrons. The van der Waals surface area contributed by atoms with Gasteiger partial charge in [0.1, 0.15) is 5.75 Å². The number of nitrogens with one attached hydrogen (secondary N) is 1. The molecule has 0 atom stereocenters. The number of benzene rings is 2. The van der Waals surface area contributed by atoms with E-state index in [2.05, 4.69) is 15.6 Å². The molecule has 0 saturated heterocycles. The lowest BCUT2D eigenvalue weighted by atomic mass is 10.1. The zero-order valence-corrected chi connectivity index (χ0v) is 15.6. The predicted octanol–water partition coefficient (Wildman–Crippen LogP) is 4.39. The summed E-state index contributed by atoms with van der Waals surface area (Å²) >= 11 is 0. The van der Waals surface area contributed by atoms with E-state index in [0.717, 1.165) is 17.7 Å². The van der Waals surface area contributed by atoms with E-state index in [-0.39, 0.29) is 17.1 Å². The fourth-order valence-corrected chi connectivity index (χ4v) is 2.58. The number of aromatic nitrogens is 3. The van der Waals surface area contributed by atoms with Crippen LogP contribution < -0.4 is 10.1 Å². The van der Waals surface area contributed by atoms with E-state index < -0.39 is 17.6 Å². The van der Waals surface area contributed by atoms with Crippen LogP contribution in [0.4, 0.5) is 18.9 Å². The van der Waals surface area contributed by atoms with Crippen molar-refractivity contribution in [3.05, 3.63) is 71.5 Å². The number of amides is 1. The Kier molecular flexibility index (Phi) is 6.16. The number of alkyl halides is 3. The summed E-state index contributed by atoms with van der Waals surface area (Å²) in [5.74, 6) is -0.519. The molecule has 9 heteroatoms. The van der Waals surface area contributed by atoms with Gasteiger partial charge in [0.05, 0.1) is 30.6 Å². The van der Waals surface area contributed by atoms with Crippen LogP contribution >= 0.6 is 0 Å². The number of ether oxygens (including phenoxy) is 1. The largest absolute Gasteiger partial charge is 0.491 e. The van der Waals surface area contributed by atoms with Crippen molar-refractivity contribution >= 4 is 11.6 Å². The molecule has 3 rings (SSSR count). The van der Waals surface area contributed by atoms with Crippen molar-refractivity contribution in [2.75, 3.05) is 11.9 Å². The van der Waals surface area contributed by atoms with Gasteiger partial charge >= 0.3 is 6.18 Å². The number of carbonyl (C=O) groups is 1. The Morgan fingerprint density at radius 3 is 2.62 bits per heavy atom. The number of anilines is 1. The summed E-state index contributed by atoms with van der Waals surface area (Å²) in [6.07, 6.45) is -2.44. The number of halogens is 3. The highest BCUT2D eigenvalue weighted by atomic mass is 19.4. The molecule has 1 N–H and O–H groups in total. The van der Waals surface area contributed by atoms with Crippen LogP contribution in [0.25, 0.3) is 0 Å². The summed E-state index contributed by atoms with van der Waals surface area (Å²) in [7, 11) is 0. The number of hydrogen-bond acceptors (Lipinski definition) is 4. The quantitative estimate of drug-likeness (QED) is 0.634. The number of nitrogens with zero attached hydrogens (tertiary/aromatic N) is 3. The fourth-order valence-electron chi connectivity index (χ4n) is 2.58. The molecule has 152 valence electrons. The van der Waals surface area contributed by atoms with Gasteiger partial charge in [-0.2, -0.15) is 13.2 Å². The molecule has 2 aromatic carbocycles. The molecule has 0 aliphatic heterocycles. The average Bonchev–Trinajstić information content (AvgIpc) is 3.15. The van der Waals surface area contributed by atoms with Gasteiger partial charge in [-0.15, -0.1) is 5.10 Å². The van der Waals surface area contributed by atoms with Gasteiger partial charge in [0.25, 0.3) is 5.91 Å². The SMILES string of the molecule is CCCOc1ccc(C(F)(F)F)cc1NC(=O)c1cn(Cc2ccccc2)nn1. The molecule has 1 aromatic heterocycles. The topological polar surface area (TPSA) is 69.0 Å². The fraction of sp³-hybridized carbons (Fsp3) is 0.250. The van der Waals surface area contributed by atoms with Gasteiger partial charge in [0.2, 0.25) is 0 Å². The van der Waals surface area contributed by atoms with E-state index in [0.29, 0.717) is 19.6 Å². The molecule has 0 aliphatic carbocycles. The molecule has 0 unspecified atom stereocenters. The molecule has 29 heavy (non-hydrogen) atoms. The normalized spacial score (nSPS) is 11.3. The number of rotatable bonds is 7. The van der Waals surface area contributed by atoms with Crippen LogP contribution in [-0.4, -0.2) is 27.5 Å². The van der Waals surface area contributed by atoms with Crippen LogP contribution in [0.1, 0.15) is 35.0 Å². The van der Waals surface area contributed by atoms with Crippen LogP contribution in [0.2, 0.25) is 0 Å². The summed E-state index contributed by atoms with van der Waals surface area (Å²) in [6, 6.07) is 12.4. The van der Waals surface area contributed by atoms with Crippen LogP contribution in [-0.2, 0) is 12.7 Å². The van der Waals surface area contributed by atoms with Gasteiger partial charge in [-0.1, -0.05) is 42.5 Å². The molecule has 0 saturated carbocycles. The van der Waals surface area contributed by atoms with E-state index in [1.54, 1.807) is 0 Å². The molecule has 0 fully saturated rings. The number of hydrogen-bond donors (Lipinski definition) is 1. The van der Waals surface area contributed by atoms with Crippen LogP contribution in [0.5, 0.6) is 5.75 Å². The van der Waals surface area contributed by atoms with Gasteiger partial charge in [-0.3, -0.25) is 4.79 Å². The van der Waals surface area contributed by atoms with Crippen LogP contribution in [0.15, 0.2) is 54.7 Å². The molecule has 3 aromatic rings. The molecular weight excluding hydrogens is 385 g/mol. The first-order chi connectivity index (χ1) is 13.9. The Morgan fingerprint density at radius 2 is 1.93 bits per heavy atom. The highest BCUT2D eigenvalue weighted by molar-refractivity contribution is 6.03. The lowest BCUT2D eigenvalue weighted by molar-refractivity contribution is -0.137. The monoisotopic (exact) mass is 404 g/mol. The first kappa shape index (κ1) is 20.4. The van der Waals surface area contributed by atoms with Gasteiger partial charge in [0, 0.05) is 0 Å². The van der Waals surface area contributed by atoms with E-state index in [1.165, 1.54) is 16.9 Å². The van der Waals surface area contributed by atoms with Crippen LogP contribution in [0, 0.1) is 0 Å². The maximum atomic E-state index is 13.0. The minimum absolute atomic E-state index is 0.0141. The predicted molar refractivity (Wildman–Crippen MR) is 101 cm³/mol. The summed E-state index contributed by atoms with van der Waals surface area (Å²) < 4.78 is 46.1. The summed E-state index contributed by atoms with van der Waals surface area (Å²) in [5.41, 5.74) is -0.00228. The third-order valence-corrected chi connectivity index (χ3v) is 3.98. The minimum atomic E-state index is -4.54. The van der Waals surface area contributed by atoms with Crippen molar-refractivity contribution < 1.29 is 22.7 Å². The van der Waals surface area contributed by atoms with E-state index in [4.69, 9.17) is 4.74 Å². The number of carbonyl (C=O) groups excluding carboxylic acids is 1. The molecule has 1 amide bonds.